The number of methoxy groups -OCH3 is 1. The van der Waals surface area contributed by atoms with E-state index in [1.54, 1.807) is 25.8 Å². The van der Waals surface area contributed by atoms with Crippen LogP contribution in [-0.2, 0) is 32.5 Å². The number of amides is 1. The zero-order chi connectivity index (χ0) is 20.4. The minimum Gasteiger partial charge on any atom is -0.497 e. The maximum Gasteiger partial charge on any atom is 0.332 e. The van der Waals surface area contributed by atoms with E-state index in [0.29, 0.717) is 17.3 Å². The van der Waals surface area contributed by atoms with Crippen molar-refractivity contribution in [2.75, 3.05) is 12.9 Å². The first-order valence-corrected chi connectivity index (χ1v) is 9.47. The number of thioether (sulfide) groups is 1. The summed E-state index contributed by atoms with van der Waals surface area (Å²) < 4.78 is 9.21. The minimum absolute atomic E-state index is 0.134. The lowest BCUT2D eigenvalue weighted by atomic mass is 10.2. The van der Waals surface area contributed by atoms with Crippen molar-refractivity contribution in [2.45, 2.75) is 11.7 Å². The molecule has 0 aliphatic heterocycles. The Bertz CT molecular complexity index is 1160. The van der Waals surface area contributed by atoms with E-state index in [-0.39, 0.29) is 17.2 Å². The molecule has 0 aliphatic rings. The van der Waals surface area contributed by atoms with E-state index < -0.39 is 11.2 Å². The van der Waals surface area contributed by atoms with Gasteiger partial charge in [-0.1, -0.05) is 23.9 Å². The number of hydrogen-bond acceptors (Lipinski definition) is 6. The summed E-state index contributed by atoms with van der Waals surface area (Å²) >= 11 is 1.20. The zero-order valence-corrected chi connectivity index (χ0v) is 16.9. The maximum absolute atomic E-state index is 12.3. The Labute approximate surface area is 164 Å². The summed E-state index contributed by atoms with van der Waals surface area (Å²) in [5.41, 5.74) is 0.675. The first kappa shape index (κ1) is 19.7. The average molecular weight is 403 g/mol. The maximum atomic E-state index is 12.3. The third-order valence-electron chi connectivity index (χ3n) is 4.38. The molecule has 0 saturated heterocycles. The molecule has 3 rings (SSSR count). The molecule has 2 aromatic heterocycles. The Hall–Kier alpha value is -3.01. The van der Waals surface area contributed by atoms with Crippen molar-refractivity contribution in [1.29, 1.82) is 0 Å². The molecule has 0 unspecified atom stereocenters. The van der Waals surface area contributed by atoms with Gasteiger partial charge in [0.1, 0.15) is 5.75 Å². The number of imidazole rings is 1. The highest BCUT2D eigenvalue weighted by atomic mass is 32.2. The summed E-state index contributed by atoms with van der Waals surface area (Å²) in [7, 11) is 6.30. The van der Waals surface area contributed by atoms with Gasteiger partial charge in [0.2, 0.25) is 5.91 Å². The lowest BCUT2D eigenvalue weighted by Gasteiger charge is -2.07. The van der Waals surface area contributed by atoms with Crippen LogP contribution >= 0.6 is 11.8 Å². The minimum atomic E-state index is -0.456. The highest BCUT2D eigenvalue weighted by molar-refractivity contribution is 7.99. The molecule has 10 heteroatoms. The molecule has 0 fully saturated rings. The van der Waals surface area contributed by atoms with Crippen LogP contribution in [0.1, 0.15) is 5.56 Å². The molecule has 0 radical (unpaired) electrons. The van der Waals surface area contributed by atoms with E-state index in [0.717, 1.165) is 15.9 Å². The van der Waals surface area contributed by atoms with Crippen molar-refractivity contribution in [3.63, 3.8) is 0 Å². The third-order valence-corrected chi connectivity index (χ3v) is 5.41. The van der Waals surface area contributed by atoms with Crippen LogP contribution in [0, 0.1) is 0 Å². The fourth-order valence-corrected chi connectivity index (χ4v) is 3.65. The standard InChI is InChI=1S/C18H21N5O4S/c1-21-15-14(16(25)23(3)18(26)22(15)2)20-17(21)28-10-13(24)19-9-11-6-5-7-12(8-11)27-4/h5-8H,9-10H2,1-4H3,(H,19,24). The molecule has 1 N–H and O–H groups in total. The molecule has 1 aromatic carbocycles. The van der Waals surface area contributed by atoms with Crippen molar-refractivity contribution >= 4 is 28.8 Å². The van der Waals surface area contributed by atoms with Crippen LogP contribution in [0.5, 0.6) is 5.75 Å². The van der Waals surface area contributed by atoms with Gasteiger partial charge in [0.05, 0.1) is 12.9 Å². The van der Waals surface area contributed by atoms with Crippen molar-refractivity contribution < 1.29 is 9.53 Å². The number of fused-ring (bicyclic) bond motifs is 1. The second-order valence-electron chi connectivity index (χ2n) is 6.25. The van der Waals surface area contributed by atoms with Gasteiger partial charge in [-0.2, -0.15) is 0 Å². The van der Waals surface area contributed by atoms with E-state index in [4.69, 9.17) is 4.74 Å². The molecule has 1 amide bonds. The summed E-state index contributed by atoms with van der Waals surface area (Å²) in [5, 5.41) is 3.33. The predicted octanol–water partition coefficient (Wildman–Crippen LogP) is 0.388. The molecule has 0 atom stereocenters. The number of aromatic nitrogens is 4. The van der Waals surface area contributed by atoms with Crippen molar-refractivity contribution in [3.05, 3.63) is 50.7 Å². The summed E-state index contributed by atoms with van der Waals surface area (Å²) in [5.74, 6) is 0.699. The fraction of sp³-hybridized carbons (Fsp3) is 0.333. The number of nitrogens with one attached hydrogen (secondary N) is 1. The lowest BCUT2D eigenvalue weighted by molar-refractivity contribution is -0.118. The highest BCUT2D eigenvalue weighted by Crippen LogP contribution is 2.20. The lowest BCUT2D eigenvalue weighted by Crippen LogP contribution is -2.37. The second kappa shape index (κ2) is 7.93. The Balaban J connectivity index is 1.71. The van der Waals surface area contributed by atoms with Gasteiger partial charge in [-0.25, -0.2) is 9.78 Å². The molecule has 28 heavy (non-hydrogen) atoms. The quantitative estimate of drug-likeness (QED) is 0.598. The Kier molecular flexibility index (Phi) is 5.59. The molecule has 3 aromatic rings. The van der Waals surface area contributed by atoms with Gasteiger partial charge in [-0.15, -0.1) is 0 Å². The van der Waals surface area contributed by atoms with Gasteiger partial charge in [0.15, 0.2) is 16.3 Å². The molecular formula is C18H21N5O4S. The molecule has 0 bridgehead atoms. The molecular weight excluding hydrogens is 382 g/mol. The molecule has 2 heterocycles. The zero-order valence-electron chi connectivity index (χ0n) is 16.1. The van der Waals surface area contributed by atoms with E-state index in [2.05, 4.69) is 10.3 Å². The van der Waals surface area contributed by atoms with Gasteiger partial charge in [0, 0.05) is 27.7 Å². The van der Waals surface area contributed by atoms with Crippen molar-refractivity contribution in [1.82, 2.24) is 24.0 Å². The van der Waals surface area contributed by atoms with Gasteiger partial charge in [-0.3, -0.25) is 18.7 Å². The number of carbonyl (C=O) groups excluding carboxylic acids is 1. The molecule has 0 spiro atoms. The topological polar surface area (TPSA) is 100 Å². The number of rotatable bonds is 6. The van der Waals surface area contributed by atoms with Crippen LogP contribution < -0.4 is 21.3 Å². The molecule has 0 aliphatic carbocycles. The monoisotopic (exact) mass is 403 g/mol. The van der Waals surface area contributed by atoms with Gasteiger partial charge < -0.3 is 14.6 Å². The smallest absolute Gasteiger partial charge is 0.332 e. The number of benzene rings is 1. The largest absolute Gasteiger partial charge is 0.497 e. The van der Waals surface area contributed by atoms with Gasteiger partial charge in [0.25, 0.3) is 5.56 Å². The van der Waals surface area contributed by atoms with Gasteiger partial charge in [-0.05, 0) is 17.7 Å². The van der Waals surface area contributed by atoms with E-state index in [9.17, 15) is 14.4 Å². The average Bonchev–Trinajstić information content (AvgIpc) is 3.04. The highest BCUT2D eigenvalue weighted by Gasteiger charge is 2.17. The van der Waals surface area contributed by atoms with E-state index in [1.807, 2.05) is 24.3 Å². The Morgan fingerprint density at radius 3 is 2.64 bits per heavy atom. The van der Waals surface area contributed by atoms with Crippen LogP contribution in [0.2, 0.25) is 0 Å². The Morgan fingerprint density at radius 2 is 1.93 bits per heavy atom. The van der Waals surface area contributed by atoms with Crippen molar-refractivity contribution in [3.8, 4) is 5.75 Å². The van der Waals surface area contributed by atoms with Crippen LogP contribution in [0.25, 0.3) is 11.2 Å². The van der Waals surface area contributed by atoms with Gasteiger partial charge >= 0.3 is 5.69 Å². The number of aryl methyl sites for hydroxylation is 2. The number of nitrogens with zero attached hydrogens (tertiary/aromatic N) is 4. The van der Waals surface area contributed by atoms with Crippen LogP contribution in [0.4, 0.5) is 0 Å². The van der Waals surface area contributed by atoms with E-state index >= 15 is 0 Å². The number of hydrogen-bond donors (Lipinski definition) is 1. The molecule has 0 saturated carbocycles. The van der Waals surface area contributed by atoms with Crippen LogP contribution in [-0.4, -0.2) is 37.5 Å². The Morgan fingerprint density at radius 1 is 1.18 bits per heavy atom. The van der Waals surface area contributed by atoms with E-state index in [1.165, 1.54) is 23.4 Å². The predicted molar refractivity (Wildman–Crippen MR) is 107 cm³/mol. The third kappa shape index (κ3) is 3.68. The fourth-order valence-electron chi connectivity index (χ4n) is 2.85. The van der Waals surface area contributed by atoms with Crippen LogP contribution in [0.15, 0.2) is 39.0 Å². The molecule has 148 valence electrons. The summed E-state index contributed by atoms with van der Waals surface area (Å²) in [6.45, 7) is 0.383. The number of carbonyl (C=O) groups is 1. The van der Waals surface area contributed by atoms with Crippen LogP contribution in [0.3, 0.4) is 0 Å². The SMILES string of the molecule is COc1cccc(CNC(=O)CSc2nc3c(=O)n(C)c(=O)n(C)c3n2C)c1. The molecule has 9 nitrogen and oxygen atoms in total. The second-order valence-corrected chi connectivity index (χ2v) is 7.19. The normalized spacial score (nSPS) is 11.0. The summed E-state index contributed by atoms with van der Waals surface area (Å²) in [6.07, 6.45) is 0. The first-order chi connectivity index (χ1) is 13.3. The summed E-state index contributed by atoms with van der Waals surface area (Å²) in [6, 6.07) is 7.46. The summed E-state index contributed by atoms with van der Waals surface area (Å²) in [4.78, 5) is 40.9. The number of ether oxygens (including phenoxy) is 1. The first-order valence-electron chi connectivity index (χ1n) is 8.48. The van der Waals surface area contributed by atoms with Crippen molar-refractivity contribution in [2.24, 2.45) is 21.1 Å².